The maximum atomic E-state index is 12.7. The van der Waals surface area contributed by atoms with E-state index in [0.29, 0.717) is 6.54 Å². The van der Waals surface area contributed by atoms with Crippen LogP contribution in [0.4, 0.5) is 4.39 Å². The molecule has 21 heavy (non-hydrogen) atoms. The molecule has 112 valence electrons. The molecule has 1 atom stereocenters. The molecule has 0 saturated carbocycles. The van der Waals surface area contributed by atoms with E-state index < -0.39 is 0 Å². The molecular formula is C15H17FN2O2S. The zero-order valence-electron chi connectivity index (χ0n) is 11.5. The lowest BCUT2D eigenvalue weighted by Crippen LogP contribution is -2.41. The monoisotopic (exact) mass is 308 g/mol. The van der Waals surface area contributed by atoms with E-state index in [1.54, 1.807) is 18.2 Å². The normalized spacial score (nSPS) is 17.9. The van der Waals surface area contributed by atoms with Gasteiger partial charge in [-0.25, -0.2) is 4.39 Å². The molecule has 0 bridgehead atoms. The van der Waals surface area contributed by atoms with Crippen LogP contribution in [0, 0.1) is 5.82 Å². The third-order valence-corrected chi connectivity index (χ3v) is 3.29. The number of halogens is 1. The van der Waals surface area contributed by atoms with Gasteiger partial charge in [-0.15, -0.1) is 0 Å². The number of nitrogens with one attached hydrogen (secondary N) is 2. The lowest BCUT2D eigenvalue weighted by atomic mass is 10.2. The van der Waals surface area contributed by atoms with E-state index in [0.717, 1.165) is 25.0 Å². The molecule has 1 aliphatic rings. The third kappa shape index (κ3) is 5.61. The van der Waals surface area contributed by atoms with Crippen LogP contribution in [-0.2, 0) is 9.53 Å². The topological polar surface area (TPSA) is 50.4 Å². The zero-order valence-corrected chi connectivity index (χ0v) is 12.3. The lowest BCUT2D eigenvalue weighted by Gasteiger charge is -2.12. The third-order valence-electron chi connectivity index (χ3n) is 3.05. The minimum absolute atomic E-state index is 0.162. The van der Waals surface area contributed by atoms with Crippen LogP contribution in [-0.4, -0.2) is 30.3 Å². The van der Waals surface area contributed by atoms with E-state index in [4.69, 9.17) is 17.0 Å². The fourth-order valence-corrected chi connectivity index (χ4v) is 2.14. The summed E-state index contributed by atoms with van der Waals surface area (Å²) in [5, 5.41) is 5.78. The first-order chi connectivity index (χ1) is 10.1. The lowest BCUT2D eigenvalue weighted by molar-refractivity contribution is -0.115. The summed E-state index contributed by atoms with van der Waals surface area (Å²) < 4.78 is 18.2. The molecule has 1 aromatic carbocycles. The van der Waals surface area contributed by atoms with Crippen molar-refractivity contribution in [2.45, 2.75) is 18.9 Å². The Morgan fingerprint density at radius 1 is 1.43 bits per heavy atom. The van der Waals surface area contributed by atoms with Crippen molar-refractivity contribution in [3.8, 4) is 0 Å². The van der Waals surface area contributed by atoms with Gasteiger partial charge in [0.1, 0.15) is 5.82 Å². The van der Waals surface area contributed by atoms with Crippen LogP contribution in [0.5, 0.6) is 0 Å². The van der Waals surface area contributed by atoms with E-state index in [-0.39, 0.29) is 22.9 Å². The molecule has 0 radical (unpaired) electrons. The first-order valence-corrected chi connectivity index (χ1v) is 7.18. The van der Waals surface area contributed by atoms with Crippen molar-refractivity contribution in [3.63, 3.8) is 0 Å². The second-order valence-electron chi connectivity index (χ2n) is 4.72. The summed E-state index contributed by atoms with van der Waals surface area (Å²) in [5.41, 5.74) is 0.741. The highest BCUT2D eigenvalue weighted by atomic mass is 32.1. The average molecular weight is 308 g/mol. The van der Waals surface area contributed by atoms with E-state index in [2.05, 4.69) is 10.6 Å². The molecule has 0 aliphatic carbocycles. The second-order valence-corrected chi connectivity index (χ2v) is 5.13. The Hall–Kier alpha value is -1.79. The zero-order chi connectivity index (χ0) is 15.1. The molecular weight excluding hydrogens is 291 g/mol. The highest BCUT2D eigenvalue weighted by molar-refractivity contribution is 7.80. The maximum Gasteiger partial charge on any atom is 0.250 e. The van der Waals surface area contributed by atoms with Gasteiger partial charge < -0.3 is 10.1 Å². The summed E-state index contributed by atoms with van der Waals surface area (Å²) in [7, 11) is 0. The van der Waals surface area contributed by atoms with Gasteiger partial charge in [0, 0.05) is 19.2 Å². The molecule has 1 fully saturated rings. The molecule has 2 N–H and O–H groups in total. The molecule has 6 heteroatoms. The summed E-state index contributed by atoms with van der Waals surface area (Å²) in [4.78, 5) is 11.7. The molecule has 1 unspecified atom stereocenters. The van der Waals surface area contributed by atoms with Gasteiger partial charge in [0.2, 0.25) is 5.91 Å². The summed E-state index contributed by atoms with van der Waals surface area (Å²) in [6.45, 7) is 1.38. The highest BCUT2D eigenvalue weighted by Crippen LogP contribution is 2.10. The molecule has 1 heterocycles. The van der Waals surface area contributed by atoms with Crippen LogP contribution in [0.1, 0.15) is 18.4 Å². The van der Waals surface area contributed by atoms with Gasteiger partial charge in [-0.3, -0.25) is 10.1 Å². The van der Waals surface area contributed by atoms with Crippen molar-refractivity contribution in [2.75, 3.05) is 13.2 Å². The van der Waals surface area contributed by atoms with Crippen molar-refractivity contribution in [2.24, 2.45) is 0 Å². The molecule has 0 spiro atoms. The Balaban J connectivity index is 1.72. The van der Waals surface area contributed by atoms with Gasteiger partial charge in [0.25, 0.3) is 0 Å². The van der Waals surface area contributed by atoms with Gasteiger partial charge in [-0.05, 0) is 48.8 Å². The number of benzene rings is 1. The van der Waals surface area contributed by atoms with Crippen molar-refractivity contribution in [1.29, 1.82) is 0 Å². The van der Waals surface area contributed by atoms with Crippen LogP contribution in [0.25, 0.3) is 6.08 Å². The quantitative estimate of drug-likeness (QED) is 0.660. The number of thiocarbonyl (C=S) groups is 1. The average Bonchev–Trinajstić information content (AvgIpc) is 2.98. The predicted molar refractivity (Wildman–Crippen MR) is 83.2 cm³/mol. The summed E-state index contributed by atoms with van der Waals surface area (Å²) in [6, 6.07) is 5.86. The SMILES string of the molecule is O=C(C=Cc1ccc(F)cc1)NC(=S)NCC1CCCO1. The molecule has 1 aromatic rings. The van der Waals surface area contributed by atoms with Gasteiger partial charge in [-0.2, -0.15) is 0 Å². The van der Waals surface area contributed by atoms with Crippen molar-refractivity contribution in [3.05, 3.63) is 41.7 Å². The minimum Gasteiger partial charge on any atom is -0.376 e. The van der Waals surface area contributed by atoms with Crippen LogP contribution < -0.4 is 10.6 Å². The van der Waals surface area contributed by atoms with Crippen molar-refractivity contribution < 1.29 is 13.9 Å². The molecule has 1 saturated heterocycles. The summed E-state index contributed by atoms with van der Waals surface area (Å²) in [5.74, 6) is -0.639. The van der Waals surface area contributed by atoms with E-state index in [1.807, 2.05) is 0 Å². The Kier molecular flexibility index (Phi) is 5.83. The van der Waals surface area contributed by atoms with Gasteiger partial charge in [-0.1, -0.05) is 12.1 Å². The Morgan fingerprint density at radius 3 is 2.86 bits per heavy atom. The largest absolute Gasteiger partial charge is 0.376 e. The molecule has 1 aliphatic heterocycles. The van der Waals surface area contributed by atoms with Crippen LogP contribution in [0.15, 0.2) is 30.3 Å². The molecule has 0 aromatic heterocycles. The van der Waals surface area contributed by atoms with E-state index >= 15 is 0 Å². The van der Waals surface area contributed by atoms with Gasteiger partial charge >= 0.3 is 0 Å². The maximum absolute atomic E-state index is 12.7. The minimum atomic E-state index is -0.329. The van der Waals surface area contributed by atoms with Gasteiger partial charge in [0.15, 0.2) is 5.11 Å². The van der Waals surface area contributed by atoms with Gasteiger partial charge in [0.05, 0.1) is 6.10 Å². The highest BCUT2D eigenvalue weighted by Gasteiger charge is 2.15. The van der Waals surface area contributed by atoms with Crippen LogP contribution in [0.3, 0.4) is 0 Å². The predicted octanol–water partition coefficient (Wildman–Crippen LogP) is 2.01. The fraction of sp³-hybridized carbons (Fsp3) is 0.333. The molecule has 1 amide bonds. The first kappa shape index (κ1) is 15.6. The second kappa shape index (κ2) is 7.85. The van der Waals surface area contributed by atoms with E-state index in [1.165, 1.54) is 18.2 Å². The molecule has 2 rings (SSSR count). The Morgan fingerprint density at radius 2 is 2.19 bits per heavy atom. The number of hydrogen-bond acceptors (Lipinski definition) is 3. The van der Waals surface area contributed by atoms with E-state index in [9.17, 15) is 9.18 Å². The van der Waals surface area contributed by atoms with Crippen LogP contribution >= 0.6 is 12.2 Å². The number of carbonyl (C=O) groups is 1. The van der Waals surface area contributed by atoms with Crippen molar-refractivity contribution >= 4 is 29.3 Å². The standard InChI is InChI=1S/C15H17FN2O2S/c16-12-6-3-11(4-7-12)5-8-14(19)18-15(21)17-10-13-2-1-9-20-13/h3-8,13H,1-2,9-10H2,(H2,17,18,19,21). The summed E-state index contributed by atoms with van der Waals surface area (Å²) in [6.07, 6.45) is 5.18. The number of carbonyl (C=O) groups excluding carboxylic acids is 1. The Bertz CT molecular complexity index is 525. The fourth-order valence-electron chi connectivity index (χ4n) is 1.96. The first-order valence-electron chi connectivity index (χ1n) is 6.77. The van der Waals surface area contributed by atoms with Crippen LogP contribution in [0.2, 0.25) is 0 Å². The number of ether oxygens (including phenoxy) is 1. The summed E-state index contributed by atoms with van der Waals surface area (Å²) >= 11 is 5.03. The smallest absolute Gasteiger partial charge is 0.250 e. The number of rotatable bonds is 4. The molecule has 4 nitrogen and oxygen atoms in total. The number of amides is 1. The Labute approximate surface area is 128 Å². The number of hydrogen-bond donors (Lipinski definition) is 2. The van der Waals surface area contributed by atoms with Crippen molar-refractivity contribution in [1.82, 2.24) is 10.6 Å².